The van der Waals surface area contributed by atoms with Crippen LogP contribution in [-0.4, -0.2) is 12.5 Å². The Labute approximate surface area is 386 Å². The minimum atomic E-state index is -2.70. The number of hydrogen-bond donors (Lipinski definition) is 0. The van der Waals surface area contributed by atoms with Crippen LogP contribution in [0.4, 0.5) is 17.1 Å². The summed E-state index contributed by atoms with van der Waals surface area (Å²) in [5, 5.41) is 10.7. The molecule has 0 amide bonds. The van der Waals surface area contributed by atoms with Crippen LogP contribution in [0, 0.1) is 0 Å². The van der Waals surface area contributed by atoms with Gasteiger partial charge in [-0.05, 0) is 103 Å². The third-order valence-electron chi connectivity index (χ3n) is 14.7. The Hall–Kier alpha value is -7.98. The fraction of sp³-hybridized carbons (Fsp3) is 0.0476. The summed E-state index contributed by atoms with van der Waals surface area (Å²) in [6.07, 6.45) is 0. The third-order valence-corrected chi connectivity index (χ3v) is 19.5. The van der Waals surface area contributed by atoms with E-state index < -0.39 is 8.07 Å². The summed E-state index contributed by atoms with van der Waals surface area (Å²) in [6.45, 7) is 4.74. The SMILES string of the molecule is CC1(C)c2ccccc2-c2ccc(N(c3ccc(-c4ccc5c6cccc7c8ccccc8n(c5c4)c76)cc3)c3ccc([Si](c4ccccc4)(c4ccccc4)c4ccccc4)cc3)cc21. The minimum absolute atomic E-state index is 0.128. The van der Waals surface area contributed by atoms with E-state index in [1.807, 2.05) is 0 Å². The Balaban J connectivity index is 0.962. The molecule has 12 aromatic rings. The first-order valence-corrected chi connectivity index (χ1v) is 25.1. The number of fused-ring (bicyclic) bond motifs is 9. The monoisotopic (exact) mass is 858 g/mol. The van der Waals surface area contributed by atoms with E-state index in [0.717, 1.165) is 17.1 Å². The first kappa shape index (κ1) is 38.5. The van der Waals surface area contributed by atoms with Crippen LogP contribution in [0.5, 0.6) is 0 Å². The van der Waals surface area contributed by atoms with Crippen LogP contribution >= 0.6 is 0 Å². The van der Waals surface area contributed by atoms with Crippen molar-refractivity contribution in [2.24, 2.45) is 0 Å². The predicted molar refractivity (Wildman–Crippen MR) is 282 cm³/mol. The molecule has 1 aliphatic rings. The molecule has 1 aliphatic carbocycles. The van der Waals surface area contributed by atoms with Crippen molar-refractivity contribution >= 4 is 84.0 Å². The molecular weight excluding hydrogens is 813 g/mol. The molecule has 0 N–H and O–H groups in total. The quantitative estimate of drug-likeness (QED) is 0.109. The zero-order valence-electron chi connectivity index (χ0n) is 37.0. The van der Waals surface area contributed by atoms with Gasteiger partial charge in [-0.1, -0.05) is 208 Å². The highest BCUT2D eigenvalue weighted by Crippen LogP contribution is 2.51. The fourth-order valence-corrected chi connectivity index (χ4v) is 16.4. The van der Waals surface area contributed by atoms with Gasteiger partial charge in [-0.25, -0.2) is 0 Å². The van der Waals surface area contributed by atoms with E-state index in [1.54, 1.807) is 0 Å². The fourth-order valence-electron chi connectivity index (χ4n) is 11.6. The van der Waals surface area contributed by atoms with Crippen molar-refractivity contribution in [2.45, 2.75) is 19.3 Å². The molecule has 0 atom stereocenters. The second kappa shape index (κ2) is 14.8. The maximum Gasteiger partial charge on any atom is 0.179 e. The number of benzene rings is 10. The number of nitrogens with zero attached hydrogens (tertiary/aromatic N) is 2. The van der Waals surface area contributed by atoms with Crippen LogP contribution in [0.25, 0.3) is 60.3 Å². The van der Waals surface area contributed by atoms with E-state index >= 15 is 0 Å². The van der Waals surface area contributed by atoms with E-state index in [4.69, 9.17) is 0 Å². The summed E-state index contributed by atoms with van der Waals surface area (Å²) in [5.41, 5.74) is 14.8. The normalized spacial score (nSPS) is 13.1. The van der Waals surface area contributed by atoms with Crippen molar-refractivity contribution in [1.82, 2.24) is 4.40 Å². The first-order chi connectivity index (χ1) is 32.5. The Bertz CT molecular complexity index is 3660. The van der Waals surface area contributed by atoms with Crippen LogP contribution in [-0.2, 0) is 5.41 Å². The van der Waals surface area contributed by atoms with Crippen LogP contribution < -0.4 is 25.6 Å². The molecule has 0 unspecified atom stereocenters. The molecule has 0 radical (unpaired) electrons. The van der Waals surface area contributed by atoms with E-state index in [-0.39, 0.29) is 5.41 Å². The highest BCUT2D eigenvalue weighted by atomic mass is 28.3. The number of para-hydroxylation sites is 2. The Morgan fingerprint density at radius 1 is 0.348 bits per heavy atom. The van der Waals surface area contributed by atoms with E-state index in [2.05, 4.69) is 266 Å². The zero-order valence-corrected chi connectivity index (χ0v) is 38.0. The summed E-state index contributed by atoms with van der Waals surface area (Å²) in [4.78, 5) is 2.45. The highest BCUT2D eigenvalue weighted by Gasteiger charge is 2.41. The third kappa shape index (κ3) is 5.60. The summed E-state index contributed by atoms with van der Waals surface area (Å²) < 4.78 is 2.47. The van der Waals surface area contributed by atoms with E-state index in [0.29, 0.717) is 0 Å². The van der Waals surface area contributed by atoms with Crippen molar-refractivity contribution in [3.05, 3.63) is 254 Å². The molecular formula is C63H46N2Si. The lowest BCUT2D eigenvalue weighted by Gasteiger charge is -2.35. The van der Waals surface area contributed by atoms with Gasteiger partial charge < -0.3 is 9.30 Å². The van der Waals surface area contributed by atoms with E-state index in [1.165, 1.54) is 92.2 Å². The van der Waals surface area contributed by atoms with Crippen molar-refractivity contribution < 1.29 is 0 Å². The van der Waals surface area contributed by atoms with Gasteiger partial charge in [0.15, 0.2) is 8.07 Å². The summed E-state index contributed by atoms with van der Waals surface area (Å²) >= 11 is 0. The molecule has 0 spiro atoms. The molecule has 312 valence electrons. The van der Waals surface area contributed by atoms with Crippen LogP contribution in [0.1, 0.15) is 25.0 Å². The number of anilines is 3. The second-order valence-corrected chi connectivity index (χ2v) is 22.3. The summed E-state index contributed by atoms with van der Waals surface area (Å²) in [6, 6.07) is 90.8. The Morgan fingerprint density at radius 3 is 1.48 bits per heavy atom. The van der Waals surface area contributed by atoms with Gasteiger partial charge in [-0.2, -0.15) is 0 Å². The van der Waals surface area contributed by atoms with Gasteiger partial charge in [0.2, 0.25) is 0 Å². The molecule has 2 nitrogen and oxygen atoms in total. The first-order valence-electron chi connectivity index (χ1n) is 23.1. The smallest absolute Gasteiger partial charge is 0.179 e. The Morgan fingerprint density at radius 2 is 0.833 bits per heavy atom. The zero-order chi connectivity index (χ0) is 44.0. The topological polar surface area (TPSA) is 7.65 Å². The highest BCUT2D eigenvalue weighted by molar-refractivity contribution is 7.19. The number of hydrogen-bond acceptors (Lipinski definition) is 1. The molecule has 2 heterocycles. The van der Waals surface area contributed by atoms with Gasteiger partial charge in [0.1, 0.15) is 0 Å². The van der Waals surface area contributed by atoms with Gasteiger partial charge in [0, 0.05) is 44.0 Å². The van der Waals surface area contributed by atoms with Gasteiger partial charge in [0.05, 0.1) is 16.6 Å². The van der Waals surface area contributed by atoms with Crippen LogP contribution in [0.3, 0.4) is 0 Å². The van der Waals surface area contributed by atoms with Gasteiger partial charge in [0.25, 0.3) is 0 Å². The van der Waals surface area contributed by atoms with E-state index in [9.17, 15) is 0 Å². The van der Waals surface area contributed by atoms with Crippen LogP contribution in [0.15, 0.2) is 243 Å². The lowest BCUT2D eigenvalue weighted by Crippen LogP contribution is -2.74. The van der Waals surface area contributed by atoms with Crippen molar-refractivity contribution in [3.63, 3.8) is 0 Å². The Kier molecular flexibility index (Phi) is 8.62. The molecule has 13 rings (SSSR count). The van der Waals surface area contributed by atoms with Crippen LogP contribution in [0.2, 0.25) is 0 Å². The maximum atomic E-state index is 2.47. The second-order valence-electron chi connectivity index (χ2n) is 18.5. The van der Waals surface area contributed by atoms with Gasteiger partial charge in [-0.3, -0.25) is 0 Å². The molecule has 10 aromatic carbocycles. The maximum absolute atomic E-state index is 2.70. The van der Waals surface area contributed by atoms with Gasteiger partial charge >= 0.3 is 0 Å². The molecule has 0 bridgehead atoms. The summed E-state index contributed by atoms with van der Waals surface area (Å²) in [5.74, 6) is 0. The standard InChI is InChI=1S/C63H46N2Si/c1-63(2)58-27-14-12-23-52(58)53-40-36-47(42-59(53)63)64(46-34-37-51(38-35-46)66(48-17-6-3-7-18-48,49-19-8-4-9-20-49)50-21-10-5-11-22-50)45-32-29-43(30-33-45)44-31-39-55-57-26-16-25-56-54-24-13-15-28-60(54)65(62(56)57)61(55)41-44/h3-42H,1-2H3. The average molecular weight is 859 g/mol. The number of rotatable bonds is 8. The van der Waals surface area contributed by atoms with Crippen molar-refractivity contribution in [1.29, 1.82) is 0 Å². The molecule has 0 saturated heterocycles. The minimum Gasteiger partial charge on any atom is -0.310 e. The van der Waals surface area contributed by atoms with Crippen molar-refractivity contribution in [3.8, 4) is 22.3 Å². The largest absolute Gasteiger partial charge is 0.310 e. The predicted octanol–water partition coefficient (Wildman–Crippen LogP) is 13.7. The molecule has 0 fully saturated rings. The molecule has 0 saturated carbocycles. The molecule has 66 heavy (non-hydrogen) atoms. The lowest BCUT2D eigenvalue weighted by molar-refractivity contribution is 0.660. The molecule has 2 aromatic heterocycles. The van der Waals surface area contributed by atoms with Gasteiger partial charge in [-0.15, -0.1) is 0 Å². The number of aromatic nitrogens is 1. The molecule has 0 aliphatic heterocycles. The van der Waals surface area contributed by atoms with Crippen molar-refractivity contribution in [2.75, 3.05) is 4.90 Å². The summed E-state index contributed by atoms with van der Waals surface area (Å²) in [7, 11) is -2.70. The lowest BCUT2D eigenvalue weighted by atomic mass is 9.82. The molecule has 3 heteroatoms. The average Bonchev–Trinajstić information content (AvgIpc) is 3.98.